The molecular formula is C26H33N5O3. The van der Waals surface area contributed by atoms with E-state index >= 15 is 0 Å². The van der Waals surface area contributed by atoms with Gasteiger partial charge < -0.3 is 25.0 Å². The van der Waals surface area contributed by atoms with Gasteiger partial charge in [0.2, 0.25) is 0 Å². The number of ether oxygens (including phenoxy) is 2. The van der Waals surface area contributed by atoms with Gasteiger partial charge in [-0.15, -0.1) is 0 Å². The van der Waals surface area contributed by atoms with Crippen molar-refractivity contribution in [2.24, 2.45) is 5.73 Å². The number of nitrogens with two attached hydrogens (primary N) is 1. The minimum absolute atomic E-state index is 0.0527. The molecule has 34 heavy (non-hydrogen) atoms. The molecular weight excluding hydrogens is 430 g/mol. The molecule has 2 aliphatic rings. The number of carbonyl (C=O) groups excluding carboxylic acids is 1. The van der Waals surface area contributed by atoms with E-state index in [-0.39, 0.29) is 18.0 Å². The topological polar surface area (TPSA) is 116 Å². The van der Waals surface area contributed by atoms with Crippen LogP contribution in [0.25, 0.3) is 0 Å². The molecule has 0 radical (unpaired) electrons. The molecule has 2 aromatic rings. The molecule has 180 valence electrons. The summed E-state index contributed by atoms with van der Waals surface area (Å²) in [6, 6.07) is 13.8. The third kappa shape index (κ3) is 5.16. The molecule has 1 saturated heterocycles. The Balaban J connectivity index is 1.55. The number of hydrogen-bond donors (Lipinski definition) is 3. The number of hydrogen-bond acceptors (Lipinski definition) is 5. The van der Waals surface area contributed by atoms with Crippen molar-refractivity contribution in [2.45, 2.75) is 45.3 Å². The van der Waals surface area contributed by atoms with Crippen LogP contribution in [0.1, 0.15) is 48.4 Å². The molecule has 4 N–H and O–H groups in total. The number of guanidine groups is 1. The van der Waals surface area contributed by atoms with Crippen LogP contribution in [0, 0.1) is 10.8 Å². The van der Waals surface area contributed by atoms with Crippen molar-refractivity contribution in [1.29, 1.82) is 10.8 Å². The predicted molar refractivity (Wildman–Crippen MR) is 131 cm³/mol. The van der Waals surface area contributed by atoms with Gasteiger partial charge in [-0.05, 0) is 54.7 Å². The minimum atomic E-state index is -0.547. The normalized spacial score (nSPS) is 18.2. The van der Waals surface area contributed by atoms with E-state index in [2.05, 4.69) is 6.07 Å². The van der Waals surface area contributed by atoms with Gasteiger partial charge in [-0.2, -0.15) is 0 Å². The monoisotopic (exact) mass is 463 g/mol. The maximum atomic E-state index is 13.0. The van der Waals surface area contributed by atoms with E-state index in [4.69, 9.17) is 26.0 Å². The van der Waals surface area contributed by atoms with E-state index in [1.54, 1.807) is 6.92 Å². The quantitative estimate of drug-likeness (QED) is 0.344. The second-order valence-electron chi connectivity index (χ2n) is 8.90. The molecule has 0 bridgehead atoms. The summed E-state index contributed by atoms with van der Waals surface area (Å²) in [6.07, 6.45) is 1.76. The fourth-order valence-electron chi connectivity index (χ4n) is 4.71. The van der Waals surface area contributed by atoms with E-state index in [9.17, 15) is 4.79 Å². The van der Waals surface area contributed by atoms with E-state index in [0.717, 1.165) is 54.9 Å². The molecule has 2 heterocycles. The molecule has 0 amide bonds. The summed E-state index contributed by atoms with van der Waals surface area (Å²) in [7, 11) is 0. The van der Waals surface area contributed by atoms with Gasteiger partial charge in [0.25, 0.3) is 0 Å². The summed E-state index contributed by atoms with van der Waals surface area (Å²) in [5.41, 5.74) is 9.72. The number of likely N-dealkylation sites (tertiary alicyclic amines) is 1. The van der Waals surface area contributed by atoms with Gasteiger partial charge in [0.1, 0.15) is 17.8 Å². The molecule has 0 spiro atoms. The van der Waals surface area contributed by atoms with Crippen LogP contribution in [0.5, 0.6) is 5.75 Å². The average Bonchev–Trinajstić information content (AvgIpc) is 3.29. The minimum Gasteiger partial charge on any atom is -0.489 e. The van der Waals surface area contributed by atoms with Crippen molar-refractivity contribution >= 4 is 17.8 Å². The summed E-state index contributed by atoms with van der Waals surface area (Å²) in [5, 5.41) is 15.6. The van der Waals surface area contributed by atoms with Crippen LogP contribution in [0.4, 0.5) is 0 Å². The maximum absolute atomic E-state index is 13.0. The average molecular weight is 464 g/mol. The van der Waals surface area contributed by atoms with Gasteiger partial charge in [0.15, 0.2) is 5.96 Å². The Bertz CT molecular complexity index is 1070. The molecule has 0 saturated carbocycles. The highest BCUT2D eigenvalue weighted by Crippen LogP contribution is 2.31. The second-order valence-corrected chi connectivity index (χ2v) is 8.90. The number of rotatable bonds is 6. The molecule has 4 rings (SSSR count). The number of esters is 1. The summed E-state index contributed by atoms with van der Waals surface area (Å²) < 4.78 is 11.5. The fraction of sp³-hybridized carbons (Fsp3) is 0.423. The van der Waals surface area contributed by atoms with Crippen LogP contribution in [0.15, 0.2) is 42.5 Å². The van der Waals surface area contributed by atoms with Crippen LogP contribution >= 0.6 is 0 Å². The zero-order chi connectivity index (χ0) is 24.2. The lowest BCUT2D eigenvalue weighted by molar-refractivity contribution is -0.143. The number of nitrogens with zero attached hydrogens (tertiary/aromatic N) is 2. The van der Waals surface area contributed by atoms with Gasteiger partial charge in [0, 0.05) is 26.1 Å². The first-order valence-corrected chi connectivity index (χ1v) is 11.8. The van der Waals surface area contributed by atoms with Crippen LogP contribution in [0.2, 0.25) is 0 Å². The van der Waals surface area contributed by atoms with Crippen LogP contribution in [-0.2, 0) is 22.5 Å². The lowest BCUT2D eigenvalue weighted by Crippen LogP contribution is -2.40. The Hall–Kier alpha value is -3.55. The number of amidine groups is 1. The molecule has 1 fully saturated rings. The molecule has 2 aromatic carbocycles. The molecule has 0 aromatic heterocycles. The smallest absolute Gasteiger partial charge is 0.317 e. The predicted octanol–water partition coefficient (Wildman–Crippen LogP) is 3.08. The van der Waals surface area contributed by atoms with Crippen molar-refractivity contribution in [3.63, 3.8) is 0 Å². The Morgan fingerprint density at radius 2 is 1.82 bits per heavy atom. The van der Waals surface area contributed by atoms with Gasteiger partial charge in [-0.25, -0.2) is 0 Å². The van der Waals surface area contributed by atoms with Gasteiger partial charge in [0.05, 0.1) is 19.0 Å². The van der Waals surface area contributed by atoms with E-state index < -0.39 is 5.92 Å². The molecule has 0 aliphatic carbocycles. The lowest BCUT2D eigenvalue weighted by atomic mass is 9.87. The van der Waals surface area contributed by atoms with Crippen LogP contribution in [-0.4, -0.2) is 59.9 Å². The maximum Gasteiger partial charge on any atom is 0.317 e. The van der Waals surface area contributed by atoms with Crippen LogP contribution in [0.3, 0.4) is 0 Å². The van der Waals surface area contributed by atoms with Crippen molar-refractivity contribution in [3.05, 3.63) is 64.7 Å². The summed E-state index contributed by atoms with van der Waals surface area (Å²) >= 11 is 0. The standard InChI is InChI=1S/C26H33N5O3/c1-3-33-25(32)24(20-5-4-18-10-12-31(26(28)29)15-21(18)14-20)19-6-8-22(9-7-19)34-23-11-13-30(16-23)17(2)27/h4-9,14,23-24,27H,3,10-13,15-16H2,1-2H3,(H3,28,29). The Labute approximate surface area is 200 Å². The first-order chi connectivity index (χ1) is 16.4. The zero-order valence-corrected chi connectivity index (χ0v) is 19.8. The van der Waals surface area contributed by atoms with Gasteiger partial charge in [-0.3, -0.25) is 15.6 Å². The number of carbonyl (C=O) groups is 1. The van der Waals surface area contributed by atoms with Crippen molar-refractivity contribution in [3.8, 4) is 5.75 Å². The third-order valence-electron chi connectivity index (χ3n) is 6.57. The Morgan fingerprint density at radius 1 is 1.09 bits per heavy atom. The molecule has 2 aliphatic heterocycles. The van der Waals surface area contributed by atoms with Crippen molar-refractivity contribution < 1.29 is 14.3 Å². The van der Waals surface area contributed by atoms with Crippen molar-refractivity contribution in [1.82, 2.24) is 9.80 Å². The van der Waals surface area contributed by atoms with E-state index in [1.807, 2.05) is 53.1 Å². The summed E-state index contributed by atoms with van der Waals surface area (Å²) in [5.74, 6) is 0.547. The largest absolute Gasteiger partial charge is 0.489 e. The first kappa shape index (κ1) is 23.6. The molecule has 8 heteroatoms. The van der Waals surface area contributed by atoms with E-state index in [1.165, 1.54) is 5.56 Å². The zero-order valence-electron chi connectivity index (χ0n) is 19.8. The van der Waals surface area contributed by atoms with Gasteiger partial charge >= 0.3 is 5.97 Å². The van der Waals surface area contributed by atoms with E-state index in [0.29, 0.717) is 19.0 Å². The highest BCUT2D eigenvalue weighted by atomic mass is 16.5. The number of nitrogens with one attached hydrogen (secondary N) is 2. The first-order valence-electron chi connectivity index (χ1n) is 11.8. The summed E-state index contributed by atoms with van der Waals surface area (Å²) in [4.78, 5) is 16.9. The lowest BCUT2D eigenvalue weighted by Gasteiger charge is -2.30. The molecule has 8 nitrogen and oxygen atoms in total. The third-order valence-corrected chi connectivity index (χ3v) is 6.57. The van der Waals surface area contributed by atoms with Crippen LogP contribution < -0.4 is 10.5 Å². The van der Waals surface area contributed by atoms with Gasteiger partial charge in [-0.1, -0.05) is 30.3 Å². The highest BCUT2D eigenvalue weighted by Gasteiger charge is 2.27. The number of fused-ring (bicyclic) bond motifs is 1. The molecule has 2 atom stereocenters. The summed E-state index contributed by atoms with van der Waals surface area (Å²) in [6.45, 7) is 6.76. The second kappa shape index (κ2) is 10.2. The highest BCUT2D eigenvalue weighted by molar-refractivity contribution is 5.82. The SMILES string of the molecule is CCOC(=O)C(c1ccc(OC2CCN(C(C)=N)C2)cc1)c1ccc2c(c1)CN(C(=N)N)CC2. The van der Waals surface area contributed by atoms with Crippen molar-refractivity contribution in [2.75, 3.05) is 26.2 Å². The Kier molecular flexibility index (Phi) is 7.05. The fourth-order valence-corrected chi connectivity index (χ4v) is 4.71. The number of benzene rings is 2. The Morgan fingerprint density at radius 3 is 2.47 bits per heavy atom. The molecule has 2 unspecified atom stereocenters.